The summed E-state index contributed by atoms with van der Waals surface area (Å²) in [6.07, 6.45) is 1.35. The molecular weight excluding hydrogens is 705 g/mol. The molecular formula is C32H35F3N12O4S. The lowest BCUT2D eigenvalue weighted by Crippen LogP contribution is -2.50. The van der Waals surface area contributed by atoms with Crippen LogP contribution in [-0.2, 0) is 34.1 Å². The third kappa shape index (κ3) is 8.62. The quantitative estimate of drug-likeness (QED) is 0.204. The van der Waals surface area contributed by atoms with Crippen molar-refractivity contribution in [2.24, 2.45) is 0 Å². The van der Waals surface area contributed by atoms with E-state index in [1.807, 2.05) is 24.3 Å². The zero-order valence-corrected chi connectivity index (χ0v) is 28.9. The maximum absolute atomic E-state index is 13.9. The SMILES string of the molecule is CN(c1nccnc1CNc1nc(Nc2ccc(N3CCN(Cc4ccnc(N5CCC(=O)NC5=O)c4)CC3)cc2)ncc1C(F)(F)F)S(C)(=O)=O. The standard InChI is InChI=1S/C32H35F3N12O4S/c1-44(52(2,50)51)29-25(36-10-11-38-29)19-39-28-24(32(33,34)35)18-40-30(43-28)41-22-3-5-23(6-4-22)46-15-13-45(14-16-46)20-21-7-9-37-26(17-21)47-12-8-27(48)42-31(47)49/h3-7,9-11,17-18H,8,12-16,19-20H2,1-2H3,(H,42,48,49)(H2,39,40,41,43). The molecule has 274 valence electrons. The Labute approximate surface area is 297 Å². The fourth-order valence-electron chi connectivity index (χ4n) is 5.65. The number of amides is 3. The highest BCUT2D eigenvalue weighted by Crippen LogP contribution is 2.35. The van der Waals surface area contributed by atoms with Crippen molar-refractivity contribution in [2.75, 3.05) is 70.8 Å². The average molecular weight is 741 g/mol. The van der Waals surface area contributed by atoms with E-state index in [4.69, 9.17) is 0 Å². The molecule has 3 N–H and O–H groups in total. The number of hydrogen-bond donors (Lipinski definition) is 3. The van der Waals surface area contributed by atoms with E-state index in [0.717, 1.165) is 48.0 Å². The first-order valence-electron chi connectivity index (χ1n) is 16.1. The molecule has 1 aromatic carbocycles. The van der Waals surface area contributed by atoms with E-state index in [-0.39, 0.29) is 42.9 Å². The highest BCUT2D eigenvalue weighted by atomic mass is 32.2. The lowest BCUT2D eigenvalue weighted by molar-refractivity contribution is -0.137. The largest absolute Gasteiger partial charge is 0.421 e. The molecule has 16 nitrogen and oxygen atoms in total. The number of benzene rings is 1. The molecule has 0 saturated carbocycles. The van der Waals surface area contributed by atoms with Gasteiger partial charge in [0.2, 0.25) is 21.9 Å². The third-order valence-electron chi connectivity index (χ3n) is 8.47. The Bertz CT molecular complexity index is 2050. The van der Waals surface area contributed by atoms with Crippen molar-refractivity contribution in [3.63, 3.8) is 0 Å². The van der Waals surface area contributed by atoms with Crippen LogP contribution in [0.3, 0.4) is 0 Å². The predicted molar refractivity (Wildman–Crippen MR) is 187 cm³/mol. The Hall–Kier alpha value is -5.63. The number of urea groups is 1. The number of piperazine rings is 1. The molecule has 4 aromatic rings. The van der Waals surface area contributed by atoms with E-state index in [0.29, 0.717) is 24.2 Å². The Morgan fingerprint density at radius 2 is 1.67 bits per heavy atom. The van der Waals surface area contributed by atoms with Gasteiger partial charge in [0.15, 0.2) is 5.82 Å². The van der Waals surface area contributed by atoms with Crippen LogP contribution < -0.4 is 30.1 Å². The Balaban J connectivity index is 1.06. The predicted octanol–water partition coefficient (Wildman–Crippen LogP) is 3.20. The highest BCUT2D eigenvalue weighted by Gasteiger charge is 2.35. The van der Waals surface area contributed by atoms with Crippen molar-refractivity contribution in [1.29, 1.82) is 0 Å². The number of nitrogens with one attached hydrogen (secondary N) is 3. The van der Waals surface area contributed by atoms with Crippen LogP contribution in [0.15, 0.2) is 61.2 Å². The van der Waals surface area contributed by atoms with Gasteiger partial charge in [-0.15, -0.1) is 0 Å². The van der Waals surface area contributed by atoms with Crippen LogP contribution in [-0.4, -0.2) is 96.2 Å². The number of nitrogens with zero attached hydrogens (tertiary/aromatic N) is 9. The number of imide groups is 1. The van der Waals surface area contributed by atoms with Gasteiger partial charge in [-0.3, -0.25) is 29.2 Å². The zero-order chi connectivity index (χ0) is 37.0. The smallest absolute Gasteiger partial charge is 0.369 e. The van der Waals surface area contributed by atoms with Gasteiger partial charge in [-0.25, -0.2) is 28.2 Å². The summed E-state index contributed by atoms with van der Waals surface area (Å²) < 4.78 is 66.6. The van der Waals surface area contributed by atoms with Crippen LogP contribution in [0, 0.1) is 0 Å². The first kappa shape index (κ1) is 36.2. The van der Waals surface area contributed by atoms with Gasteiger partial charge in [0.25, 0.3) is 0 Å². The first-order valence-corrected chi connectivity index (χ1v) is 17.9. The number of carbonyl (C=O) groups excluding carboxylic acids is 2. The molecule has 3 amide bonds. The van der Waals surface area contributed by atoms with Crippen molar-refractivity contribution in [3.05, 3.63) is 78.0 Å². The number of pyridine rings is 1. The van der Waals surface area contributed by atoms with Gasteiger partial charge in [-0.2, -0.15) is 18.2 Å². The Morgan fingerprint density at radius 3 is 2.37 bits per heavy atom. The maximum Gasteiger partial charge on any atom is 0.421 e. The molecule has 0 atom stereocenters. The van der Waals surface area contributed by atoms with Gasteiger partial charge in [0.1, 0.15) is 22.9 Å². The topological polar surface area (TPSA) is 182 Å². The van der Waals surface area contributed by atoms with Crippen LogP contribution in [0.5, 0.6) is 0 Å². The van der Waals surface area contributed by atoms with Crippen molar-refractivity contribution >= 4 is 56.7 Å². The van der Waals surface area contributed by atoms with E-state index >= 15 is 0 Å². The number of halogens is 3. The first-order chi connectivity index (χ1) is 24.7. The minimum atomic E-state index is -4.77. The summed E-state index contributed by atoms with van der Waals surface area (Å²) in [5, 5.41) is 7.88. The molecule has 2 saturated heterocycles. The number of sulfonamides is 1. The molecule has 2 fully saturated rings. The third-order valence-corrected chi connectivity index (χ3v) is 9.64. The van der Waals surface area contributed by atoms with Crippen LogP contribution in [0.25, 0.3) is 0 Å². The number of hydrogen-bond acceptors (Lipinski definition) is 13. The number of aromatic nitrogens is 5. The lowest BCUT2D eigenvalue weighted by Gasteiger charge is -2.36. The Morgan fingerprint density at radius 1 is 0.942 bits per heavy atom. The second-order valence-electron chi connectivity index (χ2n) is 12.1. The van der Waals surface area contributed by atoms with Gasteiger partial charge in [-0.05, 0) is 42.0 Å². The van der Waals surface area contributed by atoms with Gasteiger partial charge >= 0.3 is 12.2 Å². The fourth-order valence-corrected chi connectivity index (χ4v) is 6.12. The van der Waals surface area contributed by atoms with E-state index in [1.165, 1.54) is 24.3 Å². The van der Waals surface area contributed by atoms with E-state index in [2.05, 4.69) is 50.7 Å². The number of anilines is 6. The van der Waals surface area contributed by atoms with Gasteiger partial charge in [0.05, 0.1) is 12.8 Å². The molecule has 0 unspecified atom stereocenters. The molecule has 5 heterocycles. The number of carbonyl (C=O) groups is 2. The van der Waals surface area contributed by atoms with E-state index in [9.17, 15) is 31.2 Å². The van der Waals surface area contributed by atoms with Crippen LogP contribution in [0.4, 0.5) is 52.7 Å². The van der Waals surface area contributed by atoms with Crippen LogP contribution in [0.2, 0.25) is 0 Å². The summed E-state index contributed by atoms with van der Waals surface area (Å²) in [7, 11) is -2.43. The summed E-state index contributed by atoms with van der Waals surface area (Å²) in [6, 6.07) is 10.7. The van der Waals surface area contributed by atoms with Gasteiger partial charge < -0.3 is 15.5 Å². The molecule has 2 aliphatic heterocycles. The average Bonchev–Trinajstić information content (AvgIpc) is 3.10. The maximum atomic E-state index is 13.9. The molecule has 20 heteroatoms. The summed E-state index contributed by atoms with van der Waals surface area (Å²) >= 11 is 0. The molecule has 0 aliphatic carbocycles. The number of rotatable bonds is 11. The fraction of sp³-hybridized carbons (Fsp3) is 0.344. The van der Waals surface area contributed by atoms with Gasteiger partial charge in [-0.1, -0.05) is 0 Å². The summed E-state index contributed by atoms with van der Waals surface area (Å²) in [4.78, 5) is 50.1. The van der Waals surface area contributed by atoms with Crippen molar-refractivity contribution < 1.29 is 31.2 Å². The minimum absolute atomic E-state index is 0.0345. The van der Waals surface area contributed by atoms with E-state index in [1.54, 1.807) is 18.3 Å². The summed E-state index contributed by atoms with van der Waals surface area (Å²) in [5.74, 6) is -0.438. The Kier molecular flexibility index (Phi) is 10.4. The molecule has 6 rings (SSSR count). The lowest BCUT2D eigenvalue weighted by atomic mass is 10.2. The molecule has 52 heavy (non-hydrogen) atoms. The molecule has 2 aliphatic rings. The van der Waals surface area contributed by atoms with Gasteiger partial charge in [0, 0.05) is 88.9 Å². The van der Waals surface area contributed by atoms with Crippen molar-refractivity contribution in [3.8, 4) is 0 Å². The molecule has 3 aromatic heterocycles. The van der Waals surface area contributed by atoms with Crippen LogP contribution >= 0.6 is 0 Å². The second-order valence-corrected chi connectivity index (χ2v) is 14.1. The monoisotopic (exact) mass is 740 g/mol. The minimum Gasteiger partial charge on any atom is -0.369 e. The van der Waals surface area contributed by atoms with Crippen molar-refractivity contribution in [1.82, 2.24) is 35.1 Å². The molecule has 0 bridgehead atoms. The second kappa shape index (κ2) is 14.9. The normalized spacial score (nSPS) is 15.7. The molecule has 0 radical (unpaired) electrons. The van der Waals surface area contributed by atoms with Crippen LogP contribution in [0.1, 0.15) is 23.2 Å². The molecule has 0 spiro atoms. The van der Waals surface area contributed by atoms with E-state index < -0.39 is 33.6 Å². The summed E-state index contributed by atoms with van der Waals surface area (Å²) in [5.41, 5.74) is 1.52. The highest BCUT2D eigenvalue weighted by molar-refractivity contribution is 7.92. The zero-order valence-electron chi connectivity index (χ0n) is 28.1. The summed E-state index contributed by atoms with van der Waals surface area (Å²) in [6.45, 7) is 3.73. The number of alkyl halides is 3. The van der Waals surface area contributed by atoms with Crippen molar-refractivity contribution in [2.45, 2.75) is 25.7 Å².